The molecule has 0 aliphatic carbocycles. The molecule has 0 saturated heterocycles. The van der Waals surface area contributed by atoms with Crippen LogP contribution in [0.2, 0.25) is 0 Å². The van der Waals surface area contributed by atoms with Crippen LogP contribution in [0.1, 0.15) is 103 Å². The number of aryl methyl sites for hydroxylation is 2. The number of benzene rings is 1. The second-order valence-corrected chi connectivity index (χ2v) is 9.23. The molecule has 6 heteroatoms. The molecule has 1 atom stereocenters. The van der Waals surface area contributed by atoms with Crippen molar-refractivity contribution in [2.45, 2.75) is 110 Å². The molecule has 1 aromatic carbocycles. The second-order valence-electron chi connectivity index (χ2n) is 7.72. The molecule has 0 aliphatic rings. The van der Waals surface area contributed by atoms with E-state index >= 15 is 0 Å². The van der Waals surface area contributed by atoms with Crippen LogP contribution >= 0.6 is 0 Å². The summed E-state index contributed by atoms with van der Waals surface area (Å²) in [5.74, 6) is 0.552. The van der Waals surface area contributed by atoms with Gasteiger partial charge in [0.1, 0.15) is 15.9 Å². The minimum Gasteiger partial charge on any atom is -0.745 e. The first-order chi connectivity index (χ1) is 13.4. The summed E-state index contributed by atoms with van der Waals surface area (Å²) in [6, 6.07) is 6.02. The van der Waals surface area contributed by atoms with Gasteiger partial charge in [0.25, 0.3) is 0 Å². The van der Waals surface area contributed by atoms with Crippen LogP contribution < -0.4 is 34.3 Å². The van der Waals surface area contributed by atoms with E-state index in [1.165, 1.54) is 56.9 Å². The Labute approximate surface area is 201 Å². The van der Waals surface area contributed by atoms with Crippen molar-refractivity contribution in [2.24, 2.45) is 0 Å². The van der Waals surface area contributed by atoms with Crippen LogP contribution in [-0.2, 0) is 23.0 Å². The molecule has 0 spiro atoms. The van der Waals surface area contributed by atoms with E-state index in [4.69, 9.17) is 4.74 Å². The zero-order valence-electron chi connectivity index (χ0n) is 19.0. The normalized spacial score (nSPS) is 12.4. The quantitative estimate of drug-likeness (QED) is 0.227. The van der Waals surface area contributed by atoms with Crippen LogP contribution in [0.25, 0.3) is 0 Å². The Balaban J connectivity index is 0.00000784. The molecule has 0 fully saturated rings. The summed E-state index contributed by atoms with van der Waals surface area (Å²) >= 11 is 0. The molecule has 29 heavy (non-hydrogen) atoms. The first-order valence-electron chi connectivity index (χ1n) is 11.2. The van der Waals surface area contributed by atoms with E-state index < -0.39 is 15.6 Å². The van der Waals surface area contributed by atoms with Gasteiger partial charge in [-0.25, -0.2) is 8.42 Å². The van der Waals surface area contributed by atoms with Gasteiger partial charge in [-0.3, -0.25) is 0 Å². The van der Waals surface area contributed by atoms with Gasteiger partial charge in [0.15, 0.2) is 5.44 Å². The molecule has 4 nitrogen and oxygen atoms in total. The Hall–Kier alpha value is -0.0700. The Morgan fingerprint density at radius 2 is 1.41 bits per heavy atom. The van der Waals surface area contributed by atoms with Gasteiger partial charge in [0.2, 0.25) is 0 Å². The summed E-state index contributed by atoms with van der Waals surface area (Å²) in [6.07, 6.45) is 14.2. The van der Waals surface area contributed by atoms with Crippen LogP contribution in [-0.4, -0.2) is 18.4 Å². The predicted molar refractivity (Wildman–Crippen MR) is 116 cm³/mol. The van der Waals surface area contributed by atoms with E-state index in [9.17, 15) is 13.0 Å². The Bertz CT molecular complexity index is 646. The standard InChI is InChI=1S/C23H40O4S.Na/c1-4-7-9-11-13-15-20-17-18-22(27-23(6-3)28(24,25)26)21(19-20)16-14-12-10-8-5-2;/h17-19,23H,4-16H2,1-3H3,(H,24,25,26);/q;+1/p-1. The van der Waals surface area contributed by atoms with E-state index in [0.29, 0.717) is 5.75 Å². The zero-order valence-corrected chi connectivity index (χ0v) is 21.9. The van der Waals surface area contributed by atoms with Crippen molar-refractivity contribution < 1.29 is 47.3 Å². The Morgan fingerprint density at radius 1 is 0.862 bits per heavy atom. The van der Waals surface area contributed by atoms with Gasteiger partial charge in [-0.15, -0.1) is 0 Å². The topological polar surface area (TPSA) is 66.4 Å². The van der Waals surface area contributed by atoms with Crippen LogP contribution in [0.5, 0.6) is 5.75 Å². The largest absolute Gasteiger partial charge is 1.00 e. The first-order valence-corrected chi connectivity index (χ1v) is 12.6. The van der Waals surface area contributed by atoms with Crippen molar-refractivity contribution in [1.82, 2.24) is 0 Å². The maximum absolute atomic E-state index is 11.4. The fourth-order valence-electron chi connectivity index (χ4n) is 3.44. The summed E-state index contributed by atoms with van der Waals surface area (Å²) in [5.41, 5.74) is 0.987. The average Bonchev–Trinajstić information content (AvgIpc) is 2.66. The van der Waals surface area contributed by atoms with Crippen LogP contribution in [0.4, 0.5) is 0 Å². The van der Waals surface area contributed by atoms with Gasteiger partial charge in [0.05, 0.1) is 0 Å². The smallest absolute Gasteiger partial charge is 0.745 e. The van der Waals surface area contributed by atoms with Gasteiger partial charge in [-0.05, 0) is 49.3 Å². The Morgan fingerprint density at radius 3 is 1.93 bits per heavy atom. The summed E-state index contributed by atoms with van der Waals surface area (Å²) in [5, 5.41) is 0. The molecule has 162 valence electrons. The molecule has 0 bridgehead atoms. The minimum atomic E-state index is -4.47. The number of hydrogen-bond donors (Lipinski definition) is 0. The molecule has 1 unspecified atom stereocenters. The molecule has 0 aromatic heterocycles. The SMILES string of the molecule is CCCCCCCc1ccc(OC(CC)S(=O)(=O)[O-])c(CCCCCCC)c1.[Na+]. The van der Waals surface area contributed by atoms with Gasteiger partial charge in [-0.1, -0.05) is 84.3 Å². The monoisotopic (exact) mass is 434 g/mol. The molecule has 0 radical (unpaired) electrons. The van der Waals surface area contributed by atoms with Gasteiger partial charge >= 0.3 is 29.6 Å². The summed E-state index contributed by atoms with van der Waals surface area (Å²) in [4.78, 5) is 0. The fourth-order valence-corrected chi connectivity index (χ4v) is 4.07. The molecule has 0 N–H and O–H groups in total. The van der Waals surface area contributed by atoms with Crippen molar-refractivity contribution in [3.63, 3.8) is 0 Å². The number of unbranched alkanes of at least 4 members (excludes halogenated alkanes) is 8. The predicted octanol–water partition coefficient (Wildman–Crippen LogP) is 3.38. The maximum atomic E-state index is 11.4. The zero-order chi connectivity index (χ0) is 20.8. The fraction of sp³-hybridized carbons (Fsp3) is 0.739. The molecule has 1 aromatic rings. The average molecular weight is 435 g/mol. The molecule has 0 aliphatic heterocycles. The van der Waals surface area contributed by atoms with E-state index in [0.717, 1.165) is 31.2 Å². The minimum absolute atomic E-state index is 0. The van der Waals surface area contributed by atoms with Crippen LogP contribution in [0, 0.1) is 0 Å². The Kier molecular flexibility index (Phi) is 16.6. The number of hydrogen-bond acceptors (Lipinski definition) is 4. The van der Waals surface area contributed by atoms with E-state index in [-0.39, 0.29) is 36.0 Å². The third kappa shape index (κ3) is 12.4. The van der Waals surface area contributed by atoms with Crippen molar-refractivity contribution in [3.8, 4) is 5.75 Å². The third-order valence-corrected chi connectivity index (χ3v) is 6.23. The summed E-state index contributed by atoms with van der Waals surface area (Å²) < 4.78 is 39.9. The number of ether oxygens (including phenoxy) is 1. The van der Waals surface area contributed by atoms with Crippen molar-refractivity contribution in [1.29, 1.82) is 0 Å². The third-order valence-electron chi connectivity index (χ3n) is 5.16. The molecular weight excluding hydrogens is 395 g/mol. The summed E-state index contributed by atoms with van der Waals surface area (Å²) in [7, 11) is -4.47. The van der Waals surface area contributed by atoms with Crippen molar-refractivity contribution in [3.05, 3.63) is 29.3 Å². The number of rotatable bonds is 16. The van der Waals surface area contributed by atoms with Gasteiger partial charge in [0, 0.05) is 0 Å². The van der Waals surface area contributed by atoms with Crippen molar-refractivity contribution in [2.75, 3.05) is 0 Å². The van der Waals surface area contributed by atoms with Crippen LogP contribution in [0.3, 0.4) is 0 Å². The first kappa shape index (κ1) is 28.9. The molecule has 0 heterocycles. The van der Waals surface area contributed by atoms with Gasteiger partial charge < -0.3 is 9.29 Å². The van der Waals surface area contributed by atoms with Gasteiger partial charge in [-0.2, -0.15) is 0 Å². The molecule has 1 rings (SSSR count). The van der Waals surface area contributed by atoms with E-state index in [2.05, 4.69) is 19.9 Å². The summed E-state index contributed by atoms with van der Waals surface area (Å²) in [6.45, 7) is 6.08. The maximum Gasteiger partial charge on any atom is 1.00 e. The second kappa shape index (κ2) is 16.6. The molecule has 0 saturated carbocycles. The van der Waals surface area contributed by atoms with Crippen LogP contribution in [0.15, 0.2) is 18.2 Å². The molecular formula is C23H39NaO4S. The molecule has 0 amide bonds. The van der Waals surface area contributed by atoms with Crippen molar-refractivity contribution >= 4 is 10.1 Å². The van der Waals surface area contributed by atoms with E-state index in [1.54, 1.807) is 6.92 Å². The van der Waals surface area contributed by atoms with E-state index in [1.807, 2.05) is 12.1 Å².